The van der Waals surface area contributed by atoms with Crippen LogP contribution in [0.1, 0.15) is 20.8 Å². The van der Waals surface area contributed by atoms with Crippen LogP contribution >= 0.6 is 0 Å². The summed E-state index contributed by atoms with van der Waals surface area (Å²) in [4.78, 5) is 11.4. The Balaban J connectivity index is 2.04. The van der Waals surface area contributed by atoms with Gasteiger partial charge in [-0.1, -0.05) is 19.8 Å². The first-order valence-corrected chi connectivity index (χ1v) is 4.80. The normalized spacial score (nSPS) is 39.6. The van der Waals surface area contributed by atoms with E-state index in [-0.39, 0.29) is 29.3 Å². The number of carbonyl (C=O) groups is 1. The number of fused-ring (bicyclic) bond motifs is 1. The third kappa shape index (κ3) is 1.14. The van der Waals surface area contributed by atoms with Gasteiger partial charge in [-0.3, -0.25) is 4.79 Å². The maximum Gasteiger partial charge on any atom is 0.312 e. The molecule has 4 atom stereocenters. The molecular weight excluding hydrogens is 180 g/mol. The monoisotopic (exact) mass is 194 g/mol. The molecule has 2 rings (SSSR count). The van der Waals surface area contributed by atoms with Gasteiger partial charge < -0.3 is 9.47 Å². The van der Waals surface area contributed by atoms with E-state index in [1.165, 1.54) is 0 Å². The second kappa shape index (κ2) is 2.74. The molecule has 1 saturated carbocycles. The Labute approximate surface area is 83.8 Å². The van der Waals surface area contributed by atoms with E-state index < -0.39 is 6.29 Å². The van der Waals surface area contributed by atoms with Gasteiger partial charge in [-0.25, -0.2) is 0 Å². The number of esters is 1. The van der Waals surface area contributed by atoms with Crippen LogP contribution in [0.15, 0.2) is 0 Å². The highest BCUT2D eigenvalue weighted by Gasteiger charge is 2.72. The molecular formula is C11H14O3. The molecule has 2 aliphatic rings. The average molecular weight is 194 g/mol. The molecule has 1 heterocycles. The lowest BCUT2D eigenvalue weighted by Gasteiger charge is -2.19. The fourth-order valence-corrected chi connectivity index (χ4v) is 2.25. The third-order valence-corrected chi connectivity index (χ3v) is 3.26. The molecule has 0 aromatic heterocycles. The molecule has 1 aliphatic carbocycles. The van der Waals surface area contributed by atoms with Crippen molar-refractivity contribution in [3.63, 3.8) is 0 Å². The number of hydrogen-bond acceptors (Lipinski definition) is 3. The molecule has 0 unspecified atom stereocenters. The van der Waals surface area contributed by atoms with Crippen LogP contribution in [0.2, 0.25) is 0 Å². The molecule has 0 radical (unpaired) electrons. The van der Waals surface area contributed by atoms with Gasteiger partial charge >= 0.3 is 5.97 Å². The van der Waals surface area contributed by atoms with E-state index in [9.17, 15) is 4.79 Å². The van der Waals surface area contributed by atoms with Crippen LogP contribution in [0, 0.1) is 29.6 Å². The summed E-state index contributed by atoms with van der Waals surface area (Å²) in [5.74, 6) is 2.51. The van der Waals surface area contributed by atoms with Crippen molar-refractivity contribution in [1.29, 1.82) is 0 Å². The minimum Gasteiger partial charge on any atom is -0.435 e. The van der Waals surface area contributed by atoms with Gasteiger partial charge in [0.1, 0.15) is 6.10 Å². The fraction of sp³-hybridized carbons (Fsp3) is 0.727. The minimum atomic E-state index is -0.437. The molecule has 3 heteroatoms. The number of hydrogen-bond donors (Lipinski definition) is 0. The van der Waals surface area contributed by atoms with E-state index >= 15 is 0 Å². The van der Waals surface area contributed by atoms with Crippen molar-refractivity contribution < 1.29 is 14.3 Å². The van der Waals surface area contributed by atoms with Crippen molar-refractivity contribution in [1.82, 2.24) is 0 Å². The molecule has 14 heavy (non-hydrogen) atoms. The van der Waals surface area contributed by atoms with Crippen molar-refractivity contribution in [3.05, 3.63) is 0 Å². The highest BCUT2D eigenvalue weighted by Crippen LogP contribution is 2.64. The van der Waals surface area contributed by atoms with Crippen molar-refractivity contribution in [2.24, 2.45) is 17.3 Å². The quantitative estimate of drug-likeness (QED) is 0.489. The van der Waals surface area contributed by atoms with Crippen molar-refractivity contribution in [2.45, 2.75) is 33.2 Å². The van der Waals surface area contributed by atoms with Crippen LogP contribution < -0.4 is 0 Å². The first kappa shape index (κ1) is 9.54. The van der Waals surface area contributed by atoms with Gasteiger partial charge in [0.2, 0.25) is 6.29 Å². The van der Waals surface area contributed by atoms with Crippen LogP contribution in [0.3, 0.4) is 0 Å². The highest BCUT2D eigenvalue weighted by molar-refractivity contribution is 5.80. The Morgan fingerprint density at radius 1 is 1.64 bits per heavy atom. The summed E-state index contributed by atoms with van der Waals surface area (Å²) in [7, 11) is 0. The van der Waals surface area contributed by atoms with Gasteiger partial charge in [0, 0.05) is 5.92 Å². The molecule has 1 aliphatic heterocycles. The zero-order valence-corrected chi connectivity index (χ0v) is 8.61. The molecule has 0 aromatic carbocycles. The summed E-state index contributed by atoms with van der Waals surface area (Å²) < 4.78 is 10.5. The summed E-state index contributed by atoms with van der Waals surface area (Å²) in [5.41, 5.74) is 0.0221. The number of terminal acetylenes is 1. The van der Waals surface area contributed by atoms with E-state index in [4.69, 9.17) is 15.9 Å². The molecule has 0 amide bonds. The topological polar surface area (TPSA) is 35.5 Å². The third-order valence-electron chi connectivity index (χ3n) is 3.26. The molecule has 0 aromatic rings. The van der Waals surface area contributed by atoms with Gasteiger partial charge in [-0.05, 0) is 12.3 Å². The van der Waals surface area contributed by atoms with Gasteiger partial charge in [0.25, 0.3) is 0 Å². The Bertz CT molecular complexity index is 313. The summed E-state index contributed by atoms with van der Waals surface area (Å²) in [6.07, 6.45) is 4.46. The number of carbonyl (C=O) groups excluding carboxylic acids is 1. The molecule has 2 fully saturated rings. The van der Waals surface area contributed by atoms with Crippen LogP contribution in [0.25, 0.3) is 0 Å². The maximum absolute atomic E-state index is 11.4. The number of rotatable bonds is 2. The Hall–Kier alpha value is -1.01. The van der Waals surface area contributed by atoms with Crippen molar-refractivity contribution in [3.8, 4) is 12.3 Å². The first-order chi connectivity index (χ1) is 6.48. The number of cyclic esters (lactones) is 1. The predicted molar refractivity (Wildman–Crippen MR) is 50.0 cm³/mol. The highest BCUT2D eigenvalue weighted by atomic mass is 16.7. The lowest BCUT2D eigenvalue weighted by molar-refractivity contribution is -0.179. The smallest absolute Gasteiger partial charge is 0.312 e. The van der Waals surface area contributed by atoms with E-state index in [0.717, 1.165) is 0 Å². The molecule has 1 saturated heterocycles. The lowest BCUT2D eigenvalue weighted by atomic mass is 10.1. The molecule has 0 spiro atoms. The molecule has 0 bridgehead atoms. The van der Waals surface area contributed by atoms with Crippen molar-refractivity contribution in [2.75, 3.05) is 0 Å². The van der Waals surface area contributed by atoms with Gasteiger partial charge in [0.05, 0.1) is 5.92 Å². The Kier molecular flexibility index (Phi) is 1.87. The summed E-state index contributed by atoms with van der Waals surface area (Å²) in [6, 6.07) is 0. The summed E-state index contributed by atoms with van der Waals surface area (Å²) >= 11 is 0. The van der Waals surface area contributed by atoms with Crippen LogP contribution in [0.4, 0.5) is 0 Å². The standard InChI is InChI=1S/C11H14O3/c1-5-6(2)13-10-8-7(9(12)14-10)11(8,3)4/h1,6-8,10H,2-4H3/t6-,7-,8+,10+/m0/s1. The maximum atomic E-state index is 11.4. The summed E-state index contributed by atoms with van der Waals surface area (Å²) in [6.45, 7) is 5.88. The van der Waals surface area contributed by atoms with Crippen LogP contribution in [0.5, 0.6) is 0 Å². The van der Waals surface area contributed by atoms with E-state index in [0.29, 0.717) is 0 Å². The Morgan fingerprint density at radius 3 is 2.71 bits per heavy atom. The Morgan fingerprint density at radius 2 is 2.29 bits per heavy atom. The van der Waals surface area contributed by atoms with Gasteiger partial charge in [0.15, 0.2) is 0 Å². The second-order valence-electron chi connectivity index (χ2n) is 4.58. The fourth-order valence-electron chi connectivity index (χ4n) is 2.25. The summed E-state index contributed by atoms with van der Waals surface area (Å²) in [5, 5.41) is 0. The SMILES string of the molecule is C#C[C@H](C)O[C@@H]1OC(=O)[C@@H]2[C@H]1C2(C)C. The lowest BCUT2D eigenvalue weighted by Crippen LogP contribution is -2.26. The predicted octanol–water partition coefficient (Wildman–Crippen LogP) is 1.18. The van der Waals surface area contributed by atoms with Crippen molar-refractivity contribution >= 4 is 5.97 Å². The first-order valence-electron chi connectivity index (χ1n) is 4.80. The van der Waals surface area contributed by atoms with Crippen LogP contribution in [-0.4, -0.2) is 18.4 Å². The van der Waals surface area contributed by atoms with Crippen LogP contribution in [-0.2, 0) is 14.3 Å². The molecule has 3 nitrogen and oxygen atoms in total. The zero-order valence-electron chi connectivity index (χ0n) is 8.61. The molecule has 0 N–H and O–H groups in total. The zero-order chi connectivity index (χ0) is 10.5. The largest absolute Gasteiger partial charge is 0.435 e. The van der Waals surface area contributed by atoms with Gasteiger partial charge in [-0.2, -0.15) is 0 Å². The minimum absolute atomic E-state index is 0.0116. The van der Waals surface area contributed by atoms with Gasteiger partial charge in [-0.15, -0.1) is 6.42 Å². The average Bonchev–Trinajstić information content (AvgIpc) is 2.47. The van der Waals surface area contributed by atoms with E-state index in [1.807, 2.05) is 0 Å². The van der Waals surface area contributed by atoms with E-state index in [2.05, 4.69) is 19.8 Å². The number of ether oxygens (including phenoxy) is 2. The van der Waals surface area contributed by atoms with E-state index in [1.54, 1.807) is 6.92 Å². The molecule has 76 valence electrons. The second-order valence-corrected chi connectivity index (χ2v) is 4.58.